The first-order chi connectivity index (χ1) is 16.9. The van der Waals surface area contributed by atoms with E-state index in [2.05, 4.69) is 30.6 Å². The second-order valence-corrected chi connectivity index (χ2v) is 10.5. The van der Waals surface area contributed by atoms with Gasteiger partial charge in [-0.1, -0.05) is 19.3 Å². The summed E-state index contributed by atoms with van der Waals surface area (Å²) in [5, 5.41) is 7.02. The van der Waals surface area contributed by atoms with Crippen molar-refractivity contribution in [3.8, 4) is 0 Å². The van der Waals surface area contributed by atoms with Gasteiger partial charge in [-0.2, -0.15) is 4.98 Å². The Hall–Kier alpha value is -3.21. The lowest BCUT2D eigenvalue weighted by Gasteiger charge is -2.40. The molecule has 1 atom stereocenters. The number of carbonyl (C=O) groups is 2. The molecule has 0 radical (unpaired) electrons. The van der Waals surface area contributed by atoms with E-state index in [1.807, 2.05) is 13.8 Å². The van der Waals surface area contributed by atoms with E-state index in [1.54, 1.807) is 11.1 Å². The number of carbonyl (C=O) groups excluding carboxylic acids is 2. The van der Waals surface area contributed by atoms with Crippen LogP contribution >= 0.6 is 11.3 Å². The minimum absolute atomic E-state index is 0.0352. The van der Waals surface area contributed by atoms with E-state index in [1.165, 1.54) is 23.8 Å². The minimum Gasteiger partial charge on any atom is -0.350 e. The summed E-state index contributed by atoms with van der Waals surface area (Å²) in [6.45, 7) is 4.60. The number of anilines is 1. The van der Waals surface area contributed by atoms with Gasteiger partial charge in [-0.05, 0) is 38.3 Å². The average molecular weight is 498 g/mol. The Labute approximate surface area is 206 Å². The summed E-state index contributed by atoms with van der Waals surface area (Å²) in [6, 6.07) is 1.03. The first-order valence-corrected chi connectivity index (χ1v) is 12.8. The van der Waals surface area contributed by atoms with E-state index < -0.39 is 5.82 Å². The van der Waals surface area contributed by atoms with Gasteiger partial charge in [0.15, 0.2) is 11.3 Å². The number of fused-ring (bicyclic) bond motifs is 1. The summed E-state index contributed by atoms with van der Waals surface area (Å²) >= 11 is 1.37. The standard InChI is InChI=1S/C24H28FN7O2S/c1-13(16-8-17(25)10-26-9-16)27-24-30-19(20-21(31-24)28-14(2)35-20)23(34)32-11-18(12-32)29-22(33)15-6-4-3-5-7-15/h8-10,13,15,18H,3-7,11-12H2,1-2H3,(H,29,33)(H,27,30,31)/t13-/m0/s1. The molecule has 2 N–H and O–H groups in total. The van der Waals surface area contributed by atoms with E-state index in [-0.39, 0.29) is 41.5 Å². The molecule has 2 fully saturated rings. The predicted octanol–water partition coefficient (Wildman–Crippen LogP) is 3.62. The molecule has 5 rings (SSSR count). The Morgan fingerprint density at radius 1 is 1.14 bits per heavy atom. The third-order valence-electron chi connectivity index (χ3n) is 6.63. The molecule has 184 valence electrons. The highest BCUT2D eigenvalue weighted by Crippen LogP contribution is 2.28. The second kappa shape index (κ2) is 9.80. The van der Waals surface area contributed by atoms with Crippen LogP contribution in [0, 0.1) is 18.7 Å². The summed E-state index contributed by atoms with van der Waals surface area (Å²) in [6.07, 6.45) is 8.03. The van der Waals surface area contributed by atoms with Crippen molar-refractivity contribution in [2.24, 2.45) is 5.92 Å². The van der Waals surface area contributed by atoms with Crippen LogP contribution in [0.1, 0.15) is 66.1 Å². The van der Waals surface area contributed by atoms with Crippen molar-refractivity contribution in [3.05, 3.63) is 40.5 Å². The summed E-state index contributed by atoms with van der Waals surface area (Å²) in [7, 11) is 0. The monoisotopic (exact) mass is 497 g/mol. The molecule has 2 aliphatic rings. The molecule has 4 heterocycles. The highest BCUT2D eigenvalue weighted by atomic mass is 32.1. The smallest absolute Gasteiger partial charge is 0.274 e. The minimum atomic E-state index is -0.429. The number of aryl methyl sites for hydroxylation is 1. The van der Waals surface area contributed by atoms with Gasteiger partial charge >= 0.3 is 0 Å². The van der Waals surface area contributed by atoms with Crippen LogP contribution in [-0.2, 0) is 4.79 Å². The number of likely N-dealkylation sites (tertiary alicyclic amines) is 1. The molecular weight excluding hydrogens is 469 g/mol. The first-order valence-electron chi connectivity index (χ1n) is 12.0. The maximum Gasteiger partial charge on any atom is 0.274 e. The van der Waals surface area contributed by atoms with Crippen LogP contribution in [0.3, 0.4) is 0 Å². The number of halogens is 1. The van der Waals surface area contributed by atoms with E-state index in [4.69, 9.17) is 0 Å². The fourth-order valence-electron chi connectivity index (χ4n) is 4.65. The van der Waals surface area contributed by atoms with Gasteiger partial charge in [-0.25, -0.2) is 14.4 Å². The second-order valence-electron chi connectivity index (χ2n) is 9.33. The van der Waals surface area contributed by atoms with Crippen molar-refractivity contribution in [1.82, 2.24) is 30.2 Å². The van der Waals surface area contributed by atoms with Gasteiger partial charge < -0.3 is 15.5 Å². The normalized spacial score (nSPS) is 17.7. The molecule has 3 aromatic rings. The Morgan fingerprint density at radius 2 is 1.91 bits per heavy atom. The first kappa shape index (κ1) is 23.5. The number of rotatable bonds is 6. The third-order valence-corrected chi connectivity index (χ3v) is 7.59. The lowest BCUT2D eigenvalue weighted by Crippen LogP contribution is -2.61. The van der Waals surface area contributed by atoms with Crippen LogP contribution in [0.4, 0.5) is 10.3 Å². The van der Waals surface area contributed by atoms with E-state index in [0.717, 1.165) is 36.9 Å². The number of nitrogens with zero attached hydrogens (tertiary/aromatic N) is 5. The molecule has 11 heteroatoms. The van der Waals surface area contributed by atoms with Crippen LogP contribution in [0.15, 0.2) is 18.5 Å². The van der Waals surface area contributed by atoms with Crippen LogP contribution in [0.2, 0.25) is 0 Å². The van der Waals surface area contributed by atoms with Crippen molar-refractivity contribution in [3.63, 3.8) is 0 Å². The van der Waals surface area contributed by atoms with Gasteiger partial charge in [-0.15, -0.1) is 11.3 Å². The number of amides is 2. The molecular formula is C24H28FN7O2S. The number of aromatic nitrogens is 4. The number of hydrogen-bond acceptors (Lipinski definition) is 8. The average Bonchev–Trinajstić information content (AvgIpc) is 3.20. The van der Waals surface area contributed by atoms with Crippen molar-refractivity contribution in [2.75, 3.05) is 18.4 Å². The maximum absolute atomic E-state index is 13.6. The van der Waals surface area contributed by atoms with Gasteiger partial charge in [0.2, 0.25) is 11.9 Å². The molecule has 0 spiro atoms. The van der Waals surface area contributed by atoms with E-state index in [0.29, 0.717) is 29.0 Å². The van der Waals surface area contributed by atoms with E-state index in [9.17, 15) is 14.0 Å². The number of nitrogens with one attached hydrogen (secondary N) is 2. The largest absolute Gasteiger partial charge is 0.350 e. The van der Waals surface area contributed by atoms with Gasteiger partial charge in [0.05, 0.1) is 23.3 Å². The zero-order valence-electron chi connectivity index (χ0n) is 19.8. The topological polar surface area (TPSA) is 113 Å². The van der Waals surface area contributed by atoms with Crippen molar-refractivity contribution in [1.29, 1.82) is 0 Å². The van der Waals surface area contributed by atoms with Crippen molar-refractivity contribution >= 4 is 39.4 Å². The molecule has 0 aromatic carbocycles. The van der Waals surface area contributed by atoms with Crippen molar-refractivity contribution < 1.29 is 14.0 Å². The molecule has 1 saturated heterocycles. The molecule has 0 unspecified atom stereocenters. The molecule has 1 aliphatic heterocycles. The molecule has 1 saturated carbocycles. The zero-order chi connectivity index (χ0) is 24.5. The Bertz CT molecular complexity index is 1250. The van der Waals surface area contributed by atoms with Crippen LogP contribution in [-0.4, -0.2) is 55.8 Å². The molecule has 9 nitrogen and oxygen atoms in total. The fraction of sp³-hybridized carbons (Fsp3) is 0.500. The van der Waals surface area contributed by atoms with E-state index >= 15 is 0 Å². The highest BCUT2D eigenvalue weighted by molar-refractivity contribution is 7.18. The lowest BCUT2D eigenvalue weighted by molar-refractivity contribution is -0.127. The number of hydrogen-bond donors (Lipinski definition) is 2. The fourth-order valence-corrected chi connectivity index (χ4v) is 5.49. The Morgan fingerprint density at radius 3 is 2.66 bits per heavy atom. The Kier molecular flexibility index (Phi) is 6.59. The van der Waals surface area contributed by atoms with Crippen molar-refractivity contribution in [2.45, 2.75) is 58.0 Å². The maximum atomic E-state index is 13.6. The molecule has 3 aromatic heterocycles. The Balaban J connectivity index is 1.29. The summed E-state index contributed by atoms with van der Waals surface area (Å²) < 4.78 is 14.2. The van der Waals surface area contributed by atoms with Crippen LogP contribution in [0.5, 0.6) is 0 Å². The SMILES string of the molecule is Cc1nc2nc(N[C@@H](C)c3cncc(F)c3)nc(C(=O)N3CC(NC(=O)C4CCCCC4)C3)c2s1. The number of thiazole rings is 1. The third kappa shape index (κ3) is 5.09. The van der Waals surface area contributed by atoms with Gasteiger partial charge in [-0.3, -0.25) is 14.6 Å². The lowest BCUT2D eigenvalue weighted by atomic mass is 9.88. The summed E-state index contributed by atoms with van der Waals surface area (Å²) in [5.74, 6) is -0.199. The number of pyridine rings is 1. The molecule has 1 aliphatic carbocycles. The highest BCUT2D eigenvalue weighted by Gasteiger charge is 2.35. The summed E-state index contributed by atoms with van der Waals surface area (Å²) in [5.41, 5.74) is 1.36. The zero-order valence-corrected chi connectivity index (χ0v) is 20.6. The molecule has 35 heavy (non-hydrogen) atoms. The quantitative estimate of drug-likeness (QED) is 0.535. The summed E-state index contributed by atoms with van der Waals surface area (Å²) in [4.78, 5) is 44.9. The van der Waals surface area contributed by atoms with Gasteiger partial charge in [0.1, 0.15) is 10.5 Å². The molecule has 2 amide bonds. The van der Waals surface area contributed by atoms with Crippen LogP contribution in [0.25, 0.3) is 10.3 Å². The van der Waals surface area contributed by atoms with Crippen LogP contribution < -0.4 is 10.6 Å². The van der Waals surface area contributed by atoms with Gasteiger partial charge in [0.25, 0.3) is 5.91 Å². The molecule has 0 bridgehead atoms. The van der Waals surface area contributed by atoms with Gasteiger partial charge in [0, 0.05) is 25.2 Å². The predicted molar refractivity (Wildman–Crippen MR) is 131 cm³/mol.